The lowest BCUT2D eigenvalue weighted by atomic mass is 9.79. The SMILES string of the molecule is O=C(O)CC([C](c1ccccc1)c1ccccc1)C(=O)O. The van der Waals surface area contributed by atoms with E-state index in [1.807, 2.05) is 12.1 Å². The normalized spacial score (nSPS) is 12.0. The number of carbonyl (C=O) groups is 2. The average Bonchev–Trinajstić information content (AvgIpc) is 2.48. The van der Waals surface area contributed by atoms with E-state index in [-0.39, 0.29) is 0 Å². The van der Waals surface area contributed by atoms with E-state index in [2.05, 4.69) is 0 Å². The highest BCUT2D eigenvalue weighted by Gasteiger charge is 2.33. The molecule has 0 aliphatic heterocycles. The maximum absolute atomic E-state index is 11.5. The van der Waals surface area contributed by atoms with Crippen molar-refractivity contribution in [2.45, 2.75) is 6.42 Å². The molecule has 2 aromatic rings. The molecule has 0 aliphatic rings. The number of benzene rings is 2. The first-order chi connectivity index (χ1) is 10.1. The van der Waals surface area contributed by atoms with Crippen molar-refractivity contribution in [1.82, 2.24) is 0 Å². The topological polar surface area (TPSA) is 74.6 Å². The summed E-state index contributed by atoms with van der Waals surface area (Å²) < 4.78 is 0. The summed E-state index contributed by atoms with van der Waals surface area (Å²) in [7, 11) is 0. The number of carboxylic acids is 2. The lowest BCUT2D eigenvalue weighted by molar-refractivity contribution is -0.147. The highest BCUT2D eigenvalue weighted by atomic mass is 16.4. The molecule has 0 fully saturated rings. The van der Waals surface area contributed by atoms with Crippen molar-refractivity contribution in [3.63, 3.8) is 0 Å². The van der Waals surface area contributed by atoms with Crippen molar-refractivity contribution in [2.24, 2.45) is 5.92 Å². The molecule has 1 unspecified atom stereocenters. The van der Waals surface area contributed by atoms with Gasteiger partial charge in [-0.15, -0.1) is 0 Å². The number of hydrogen-bond donors (Lipinski definition) is 2. The molecule has 0 aromatic heterocycles. The third-order valence-electron chi connectivity index (χ3n) is 3.19. The zero-order valence-corrected chi connectivity index (χ0v) is 11.3. The van der Waals surface area contributed by atoms with Crippen LogP contribution in [0.2, 0.25) is 0 Å². The van der Waals surface area contributed by atoms with Crippen LogP contribution in [0.4, 0.5) is 0 Å². The highest BCUT2D eigenvalue weighted by Crippen LogP contribution is 2.33. The zero-order valence-electron chi connectivity index (χ0n) is 11.3. The van der Waals surface area contributed by atoms with Crippen LogP contribution in [0.5, 0.6) is 0 Å². The minimum atomic E-state index is -1.14. The van der Waals surface area contributed by atoms with Gasteiger partial charge in [0.05, 0.1) is 12.3 Å². The molecule has 0 amide bonds. The maximum atomic E-state index is 11.5. The Morgan fingerprint density at radius 1 is 0.810 bits per heavy atom. The van der Waals surface area contributed by atoms with Gasteiger partial charge < -0.3 is 10.2 Å². The molecule has 1 atom stereocenters. The molecule has 2 N–H and O–H groups in total. The fraction of sp³-hybridized carbons (Fsp3) is 0.118. The van der Waals surface area contributed by atoms with Crippen LogP contribution in [0, 0.1) is 11.8 Å². The van der Waals surface area contributed by atoms with Crippen LogP contribution in [-0.4, -0.2) is 22.2 Å². The first-order valence-electron chi connectivity index (χ1n) is 6.52. The number of aliphatic carboxylic acids is 2. The Bertz CT molecular complexity index is 568. The zero-order chi connectivity index (χ0) is 15.2. The van der Waals surface area contributed by atoms with E-state index in [0.29, 0.717) is 5.92 Å². The highest BCUT2D eigenvalue weighted by molar-refractivity contribution is 5.82. The quantitative estimate of drug-likeness (QED) is 0.854. The molecular weight excluding hydrogens is 268 g/mol. The van der Waals surface area contributed by atoms with Crippen LogP contribution < -0.4 is 0 Å². The third kappa shape index (κ3) is 3.69. The summed E-state index contributed by atoms with van der Waals surface area (Å²) in [5.41, 5.74) is 1.44. The number of carboxylic acid groups (broad SMARTS) is 2. The molecule has 1 radical (unpaired) electrons. The van der Waals surface area contributed by atoms with Gasteiger partial charge >= 0.3 is 11.9 Å². The molecule has 0 spiro atoms. The van der Waals surface area contributed by atoms with Gasteiger partial charge in [0.15, 0.2) is 0 Å². The molecule has 0 aliphatic carbocycles. The van der Waals surface area contributed by atoms with Crippen LogP contribution in [0.1, 0.15) is 17.5 Å². The number of rotatable bonds is 6. The largest absolute Gasteiger partial charge is 0.481 e. The van der Waals surface area contributed by atoms with Crippen LogP contribution >= 0.6 is 0 Å². The molecule has 4 nitrogen and oxygen atoms in total. The summed E-state index contributed by atoms with van der Waals surface area (Å²) in [5.74, 6) is -2.84. The standard InChI is InChI=1S/C17H15O4/c18-15(19)11-14(17(20)21)16(12-7-3-1-4-8-12)13-9-5-2-6-10-13/h1-10,14H,11H2,(H,18,19)(H,20,21). The summed E-state index contributed by atoms with van der Waals surface area (Å²) in [6.07, 6.45) is -0.450. The van der Waals surface area contributed by atoms with Crippen molar-refractivity contribution < 1.29 is 19.8 Å². The Labute approximate surface area is 122 Å². The van der Waals surface area contributed by atoms with Gasteiger partial charge in [-0.3, -0.25) is 9.59 Å². The van der Waals surface area contributed by atoms with Crippen LogP contribution in [0.3, 0.4) is 0 Å². The Hall–Kier alpha value is -2.62. The van der Waals surface area contributed by atoms with E-state index in [1.54, 1.807) is 48.5 Å². The summed E-state index contributed by atoms with van der Waals surface area (Å²) >= 11 is 0. The van der Waals surface area contributed by atoms with Crippen LogP contribution in [-0.2, 0) is 9.59 Å². The van der Waals surface area contributed by atoms with Gasteiger partial charge in [0.1, 0.15) is 0 Å². The lowest BCUT2D eigenvalue weighted by Gasteiger charge is -2.23. The molecular formula is C17H15O4. The van der Waals surface area contributed by atoms with E-state index >= 15 is 0 Å². The van der Waals surface area contributed by atoms with E-state index in [1.165, 1.54) is 0 Å². The molecule has 2 rings (SSSR count). The predicted molar refractivity (Wildman–Crippen MR) is 77.7 cm³/mol. The van der Waals surface area contributed by atoms with E-state index < -0.39 is 24.3 Å². The lowest BCUT2D eigenvalue weighted by Crippen LogP contribution is -2.26. The Morgan fingerprint density at radius 2 is 1.24 bits per heavy atom. The van der Waals surface area contributed by atoms with Crippen LogP contribution in [0.15, 0.2) is 60.7 Å². The van der Waals surface area contributed by atoms with Gasteiger partial charge in [0, 0.05) is 5.92 Å². The maximum Gasteiger partial charge on any atom is 0.308 e. The monoisotopic (exact) mass is 283 g/mol. The first kappa shape index (κ1) is 14.8. The minimum Gasteiger partial charge on any atom is -0.481 e. The first-order valence-corrected chi connectivity index (χ1v) is 6.52. The summed E-state index contributed by atoms with van der Waals surface area (Å²) in [4.78, 5) is 22.5. The molecule has 0 heterocycles. The van der Waals surface area contributed by atoms with Gasteiger partial charge in [-0.1, -0.05) is 60.7 Å². The molecule has 4 heteroatoms. The predicted octanol–water partition coefficient (Wildman–Crippen LogP) is 2.83. The van der Waals surface area contributed by atoms with Crippen molar-refractivity contribution in [2.75, 3.05) is 0 Å². The molecule has 2 aromatic carbocycles. The summed E-state index contributed by atoms with van der Waals surface area (Å²) in [6, 6.07) is 18.0. The molecule has 0 bridgehead atoms. The van der Waals surface area contributed by atoms with E-state index in [9.17, 15) is 14.7 Å². The van der Waals surface area contributed by atoms with Crippen molar-refractivity contribution in [3.8, 4) is 0 Å². The third-order valence-corrected chi connectivity index (χ3v) is 3.19. The van der Waals surface area contributed by atoms with Crippen molar-refractivity contribution >= 4 is 11.9 Å². The second-order valence-corrected chi connectivity index (χ2v) is 4.63. The molecule has 0 saturated carbocycles. The van der Waals surface area contributed by atoms with Gasteiger partial charge in [-0.2, -0.15) is 0 Å². The fourth-order valence-electron chi connectivity index (χ4n) is 2.29. The summed E-state index contributed by atoms with van der Waals surface area (Å²) in [6.45, 7) is 0. The van der Waals surface area contributed by atoms with E-state index in [0.717, 1.165) is 11.1 Å². The second-order valence-electron chi connectivity index (χ2n) is 4.63. The second kappa shape index (κ2) is 6.70. The van der Waals surface area contributed by atoms with Crippen molar-refractivity contribution in [3.05, 3.63) is 77.7 Å². The molecule has 107 valence electrons. The minimum absolute atomic E-state index is 0.450. The fourth-order valence-corrected chi connectivity index (χ4v) is 2.29. The smallest absolute Gasteiger partial charge is 0.308 e. The number of hydrogen-bond acceptors (Lipinski definition) is 2. The van der Waals surface area contributed by atoms with Gasteiger partial charge in [-0.05, 0) is 11.1 Å². The molecule has 0 saturated heterocycles. The Balaban J connectivity index is 2.49. The Kier molecular flexibility index (Phi) is 4.72. The summed E-state index contributed by atoms with van der Waals surface area (Å²) in [5, 5.41) is 18.4. The average molecular weight is 283 g/mol. The van der Waals surface area contributed by atoms with Gasteiger partial charge in [0.2, 0.25) is 0 Å². The van der Waals surface area contributed by atoms with Gasteiger partial charge in [-0.25, -0.2) is 0 Å². The van der Waals surface area contributed by atoms with E-state index in [4.69, 9.17) is 5.11 Å². The van der Waals surface area contributed by atoms with Crippen molar-refractivity contribution in [1.29, 1.82) is 0 Å². The van der Waals surface area contributed by atoms with Gasteiger partial charge in [0.25, 0.3) is 0 Å². The molecule has 21 heavy (non-hydrogen) atoms. The Morgan fingerprint density at radius 3 is 1.57 bits per heavy atom. The van der Waals surface area contributed by atoms with Crippen LogP contribution in [0.25, 0.3) is 0 Å².